The van der Waals surface area contributed by atoms with E-state index in [4.69, 9.17) is 9.84 Å². The maximum Gasteiger partial charge on any atom is 0.315 e. The SMILES string of the molecule is CCC(CC)NC(=O)NCc1ccccc1OCCO. The van der Waals surface area contributed by atoms with Crippen molar-refractivity contribution in [1.29, 1.82) is 0 Å². The van der Waals surface area contributed by atoms with E-state index in [1.165, 1.54) is 0 Å². The third-order valence-electron chi connectivity index (χ3n) is 3.08. The van der Waals surface area contributed by atoms with E-state index in [0.717, 1.165) is 18.4 Å². The van der Waals surface area contributed by atoms with Crippen LogP contribution < -0.4 is 15.4 Å². The zero-order chi connectivity index (χ0) is 14.8. The van der Waals surface area contributed by atoms with Crippen LogP contribution >= 0.6 is 0 Å². The number of ether oxygens (including phenoxy) is 1. The first-order valence-corrected chi connectivity index (χ1v) is 7.07. The number of hydrogen-bond acceptors (Lipinski definition) is 3. The Morgan fingerprint density at radius 2 is 2.00 bits per heavy atom. The molecular weight excluding hydrogens is 256 g/mol. The van der Waals surface area contributed by atoms with Gasteiger partial charge in [-0.25, -0.2) is 4.79 Å². The molecule has 0 fully saturated rings. The molecule has 0 atom stereocenters. The van der Waals surface area contributed by atoms with Crippen LogP contribution in [0.2, 0.25) is 0 Å². The molecule has 0 aliphatic carbocycles. The minimum absolute atomic E-state index is 0.0308. The molecule has 3 N–H and O–H groups in total. The second kappa shape index (κ2) is 9.20. The van der Waals surface area contributed by atoms with E-state index >= 15 is 0 Å². The molecule has 0 saturated heterocycles. The highest BCUT2D eigenvalue weighted by Crippen LogP contribution is 2.17. The van der Waals surface area contributed by atoms with Gasteiger partial charge in [0.05, 0.1) is 6.61 Å². The number of carbonyl (C=O) groups is 1. The highest BCUT2D eigenvalue weighted by Gasteiger charge is 2.09. The number of carbonyl (C=O) groups excluding carboxylic acids is 1. The number of amides is 2. The summed E-state index contributed by atoms with van der Waals surface area (Å²) in [5.74, 6) is 0.685. The van der Waals surface area contributed by atoms with Crippen molar-refractivity contribution < 1.29 is 14.6 Å². The van der Waals surface area contributed by atoms with E-state index < -0.39 is 0 Å². The Labute approximate surface area is 120 Å². The molecule has 0 spiro atoms. The van der Waals surface area contributed by atoms with Crippen molar-refractivity contribution in [3.63, 3.8) is 0 Å². The molecule has 2 amide bonds. The van der Waals surface area contributed by atoms with Gasteiger partial charge in [0.2, 0.25) is 0 Å². The lowest BCUT2D eigenvalue weighted by atomic mass is 10.2. The number of urea groups is 1. The fraction of sp³-hybridized carbons (Fsp3) is 0.533. The fourth-order valence-electron chi connectivity index (χ4n) is 1.85. The smallest absolute Gasteiger partial charge is 0.315 e. The minimum atomic E-state index is -0.171. The van der Waals surface area contributed by atoms with E-state index in [1.807, 2.05) is 38.1 Å². The molecule has 0 aliphatic heterocycles. The standard InChI is InChI=1S/C15H24N2O3/c1-3-13(4-2)17-15(19)16-11-12-7-5-6-8-14(12)20-10-9-18/h5-8,13,18H,3-4,9-11H2,1-2H3,(H2,16,17,19). The van der Waals surface area contributed by atoms with Crippen LogP contribution in [0.15, 0.2) is 24.3 Å². The molecule has 0 aromatic heterocycles. The third kappa shape index (κ3) is 5.48. The van der Waals surface area contributed by atoms with Crippen LogP contribution in [0.25, 0.3) is 0 Å². The van der Waals surface area contributed by atoms with Crippen molar-refractivity contribution >= 4 is 6.03 Å². The lowest BCUT2D eigenvalue weighted by molar-refractivity contribution is 0.200. The Kier molecular flexibility index (Phi) is 7.50. The first-order valence-electron chi connectivity index (χ1n) is 7.07. The van der Waals surface area contributed by atoms with Gasteiger partial charge in [-0.1, -0.05) is 32.0 Å². The Morgan fingerprint density at radius 3 is 2.65 bits per heavy atom. The van der Waals surface area contributed by atoms with Crippen molar-refractivity contribution in [3.05, 3.63) is 29.8 Å². The monoisotopic (exact) mass is 280 g/mol. The van der Waals surface area contributed by atoms with Crippen molar-refractivity contribution in [2.24, 2.45) is 0 Å². The Morgan fingerprint density at radius 1 is 1.30 bits per heavy atom. The molecule has 0 bridgehead atoms. The van der Waals surface area contributed by atoms with Gasteiger partial charge >= 0.3 is 6.03 Å². The molecule has 5 nitrogen and oxygen atoms in total. The van der Waals surface area contributed by atoms with Crippen LogP contribution in [0.4, 0.5) is 4.79 Å². The van der Waals surface area contributed by atoms with Gasteiger partial charge in [0.25, 0.3) is 0 Å². The van der Waals surface area contributed by atoms with E-state index in [0.29, 0.717) is 12.3 Å². The van der Waals surface area contributed by atoms with Crippen molar-refractivity contribution in [2.75, 3.05) is 13.2 Å². The summed E-state index contributed by atoms with van der Waals surface area (Å²) in [6.07, 6.45) is 1.83. The largest absolute Gasteiger partial charge is 0.491 e. The molecule has 0 unspecified atom stereocenters. The van der Waals surface area contributed by atoms with Crippen LogP contribution in [0, 0.1) is 0 Å². The number of aliphatic hydroxyl groups is 1. The first kappa shape index (κ1) is 16.3. The second-order valence-electron chi connectivity index (χ2n) is 4.52. The molecule has 1 rings (SSSR count). The Balaban J connectivity index is 2.50. The molecule has 5 heteroatoms. The predicted octanol–water partition coefficient (Wildman–Crippen LogP) is 2.05. The van der Waals surface area contributed by atoms with Crippen LogP contribution in [0.3, 0.4) is 0 Å². The second-order valence-corrected chi connectivity index (χ2v) is 4.52. The molecule has 1 aromatic carbocycles. The summed E-state index contributed by atoms with van der Waals surface area (Å²) < 4.78 is 5.42. The number of hydrogen-bond donors (Lipinski definition) is 3. The first-order chi connectivity index (χ1) is 9.71. The quantitative estimate of drug-likeness (QED) is 0.682. The number of rotatable bonds is 8. The number of para-hydroxylation sites is 1. The average Bonchev–Trinajstić information content (AvgIpc) is 2.49. The molecule has 1 aromatic rings. The zero-order valence-electron chi connectivity index (χ0n) is 12.2. The van der Waals surface area contributed by atoms with Crippen LogP contribution in [0.5, 0.6) is 5.75 Å². The highest BCUT2D eigenvalue weighted by atomic mass is 16.5. The Bertz CT molecular complexity index is 406. The molecule has 0 radical (unpaired) electrons. The molecule has 0 saturated carbocycles. The molecule has 0 aliphatic rings. The molecule has 112 valence electrons. The Hall–Kier alpha value is -1.75. The predicted molar refractivity (Wildman–Crippen MR) is 78.8 cm³/mol. The summed E-state index contributed by atoms with van der Waals surface area (Å²) in [5, 5.41) is 14.5. The van der Waals surface area contributed by atoms with E-state index in [1.54, 1.807) is 0 Å². The topological polar surface area (TPSA) is 70.6 Å². The summed E-state index contributed by atoms with van der Waals surface area (Å²) in [6.45, 7) is 4.71. The van der Waals surface area contributed by atoms with Gasteiger partial charge in [-0.3, -0.25) is 0 Å². The summed E-state index contributed by atoms with van der Waals surface area (Å²) >= 11 is 0. The van der Waals surface area contributed by atoms with Gasteiger partial charge in [0, 0.05) is 18.2 Å². The lowest BCUT2D eigenvalue weighted by Gasteiger charge is -2.16. The number of benzene rings is 1. The third-order valence-corrected chi connectivity index (χ3v) is 3.08. The van der Waals surface area contributed by atoms with Gasteiger partial charge in [0.1, 0.15) is 12.4 Å². The summed E-state index contributed by atoms with van der Waals surface area (Å²) in [6, 6.07) is 7.50. The maximum atomic E-state index is 11.8. The average molecular weight is 280 g/mol. The van der Waals surface area contributed by atoms with Gasteiger partial charge in [-0.05, 0) is 18.9 Å². The van der Waals surface area contributed by atoms with Gasteiger partial charge in [0.15, 0.2) is 0 Å². The zero-order valence-corrected chi connectivity index (χ0v) is 12.2. The molecule has 20 heavy (non-hydrogen) atoms. The number of nitrogens with one attached hydrogen (secondary N) is 2. The summed E-state index contributed by atoms with van der Waals surface area (Å²) in [7, 11) is 0. The molecular formula is C15H24N2O3. The lowest BCUT2D eigenvalue weighted by Crippen LogP contribution is -2.41. The highest BCUT2D eigenvalue weighted by molar-refractivity contribution is 5.74. The van der Waals surface area contributed by atoms with Crippen molar-refractivity contribution in [3.8, 4) is 5.75 Å². The summed E-state index contributed by atoms with van der Waals surface area (Å²) in [5.41, 5.74) is 0.889. The van der Waals surface area contributed by atoms with Crippen LogP contribution in [-0.2, 0) is 6.54 Å². The van der Waals surface area contributed by atoms with E-state index in [2.05, 4.69) is 10.6 Å². The van der Waals surface area contributed by atoms with Crippen molar-refractivity contribution in [1.82, 2.24) is 10.6 Å². The maximum absolute atomic E-state index is 11.8. The van der Waals surface area contributed by atoms with Gasteiger partial charge < -0.3 is 20.5 Å². The minimum Gasteiger partial charge on any atom is -0.491 e. The summed E-state index contributed by atoms with van der Waals surface area (Å²) in [4.78, 5) is 11.8. The van der Waals surface area contributed by atoms with Gasteiger partial charge in [-0.15, -0.1) is 0 Å². The van der Waals surface area contributed by atoms with Gasteiger partial charge in [-0.2, -0.15) is 0 Å². The van der Waals surface area contributed by atoms with E-state index in [-0.39, 0.29) is 25.3 Å². The fourth-order valence-corrected chi connectivity index (χ4v) is 1.85. The van der Waals surface area contributed by atoms with Crippen LogP contribution in [0.1, 0.15) is 32.3 Å². The van der Waals surface area contributed by atoms with E-state index in [9.17, 15) is 4.79 Å². The number of aliphatic hydroxyl groups excluding tert-OH is 1. The normalized spacial score (nSPS) is 10.4. The van der Waals surface area contributed by atoms with Crippen molar-refractivity contribution in [2.45, 2.75) is 39.3 Å². The molecule has 0 heterocycles. The van der Waals surface area contributed by atoms with Crippen LogP contribution in [-0.4, -0.2) is 30.4 Å².